The highest BCUT2D eigenvalue weighted by Crippen LogP contribution is 2.43. The average Bonchev–Trinajstić information content (AvgIpc) is 3.52. The molecule has 2 aliphatic rings. The van der Waals surface area contributed by atoms with Crippen LogP contribution >= 0.6 is 0 Å². The van der Waals surface area contributed by atoms with E-state index < -0.39 is 27.9 Å². The molecule has 0 saturated carbocycles. The lowest BCUT2D eigenvalue weighted by Gasteiger charge is -2.30. The Kier molecular flexibility index (Phi) is 10.0. The molecule has 46 heavy (non-hydrogen) atoms. The van der Waals surface area contributed by atoms with Crippen molar-refractivity contribution < 1.29 is 27.5 Å². The first-order valence-corrected chi connectivity index (χ1v) is 16.6. The van der Waals surface area contributed by atoms with Crippen LogP contribution in [0.3, 0.4) is 0 Å². The van der Waals surface area contributed by atoms with E-state index in [4.69, 9.17) is 14.6 Å². The second-order valence-corrected chi connectivity index (χ2v) is 13.0. The number of benzene rings is 2. The summed E-state index contributed by atoms with van der Waals surface area (Å²) in [5, 5.41) is 8.08. The minimum atomic E-state index is -3.66. The van der Waals surface area contributed by atoms with Crippen molar-refractivity contribution in [1.82, 2.24) is 19.4 Å². The van der Waals surface area contributed by atoms with Gasteiger partial charge in [-0.3, -0.25) is 0 Å². The smallest absolute Gasteiger partial charge is 0.337 e. The van der Waals surface area contributed by atoms with Gasteiger partial charge in [-0.25, -0.2) is 22.7 Å². The van der Waals surface area contributed by atoms with E-state index in [0.717, 1.165) is 24.9 Å². The number of carbonyl (C=O) groups is 2. The van der Waals surface area contributed by atoms with Gasteiger partial charge in [0.05, 0.1) is 33.3 Å². The predicted molar refractivity (Wildman–Crippen MR) is 175 cm³/mol. The van der Waals surface area contributed by atoms with Crippen molar-refractivity contribution in [1.29, 1.82) is 0 Å². The van der Waals surface area contributed by atoms with Gasteiger partial charge in [0.2, 0.25) is 10.0 Å². The van der Waals surface area contributed by atoms with E-state index in [0.29, 0.717) is 41.3 Å². The van der Waals surface area contributed by atoms with Crippen molar-refractivity contribution in [3.63, 3.8) is 0 Å². The van der Waals surface area contributed by atoms with Crippen molar-refractivity contribution in [2.75, 3.05) is 26.3 Å². The van der Waals surface area contributed by atoms with Gasteiger partial charge in [0.25, 0.3) is 0 Å². The summed E-state index contributed by atoms with van der Waals surface area (Å²) in [6, 6.07) is 16.0. The Balaban J connectivity index is 1.69. The highest BCUT2D eigenvalue weighted by Gasteiger charge is 2.40. The lowest BCUT2D eigenvalue weighted by molar-refractivity contribution is -0.138. The van der Waals surface area contributed by atoms with Crippen LogP contribution in [0.25, 0.3) is 16.9 Å². The Labute approximate surface area is 269 Å². The van der Waals surface area contributed by atoms with Gasteiger partial charge >= 0.3 is 11.9 Å². The molecule has 0 bridgehead atoms. The van der Waals surface area contributed by atoms with E-state index in [2.05, 4.69) is 18.5 Å². The number of esters is 2. The van der Waals surface area contributed by atoms with Crippen LogP contribution in [0.2, 0.25) is 0 Å². The third-order valence-electron chi connectivity index (χ3n) is 8.02. The number of nitrogens with zero attached hydrogens (tertiary/aromatic N) is 3. The number of para-hydroxylation sites is 1. The zero-order valence-electron chi connectivity index (χ0n) is 26.1. The van der Waals surface area contributed by atoms with Crippen molar-refractivity contribution in [2.24, 2.45) is 0 Å². The van der Waals surface area contributed by atoms with Gasteiger partial charge in [-0.1, -0.05) is 62.1 Å². The lowest BCUT2D eigenvalue weighted by atomic mass is 9.79. The monoisotopic (exact) mass is 642 g/mol. The van der Waals surface area contributed by atoms with Crippen molar-refractivity contribution in [3.05, 3.63) is 114 Å². The maximum Gasteiger partial charge on any atom is 0.337 e. The van der Waals surface area contributed by atoms with Gasteiger partial charge in [-0.15, -0.1) is 0 Å². The molecule has 0 aliphatic carbocycles. The van der Waals surface area contributed by atoms with Gasteiger partial charge < -0.3 is 14.8 Å². The van der Waals surface area contributed by atoms with E-state index >= 15 is 0 Å². The molecule has 240 valence electrons. The van der Waals surface area contributed by atoms with Crippen LogP contribution in [0.4, 0.5) is 0 Å². The molecule has 1 N–H and O–H groups in total. The van der Waals surface area contributed by atoms with Gasteiger partial charge in [-0.05, 0) is 51.0 Å². The second-order valence-electron chi connectivity index (χ2n) is 11.1. The Bertz CT molecular complexity index is 1750. The molecule has 0 unspecified atom stereocenters. The highest BCUT2D eigenvalue weighted by atomic mass is 32.2. The number of nitrogens with one attached hydrogen (secondary N) is 1. The molecule has 0 spiro atoms. The van der Waals surface area contributed by atoms with E-state index in [1.165, 1.54) is 16.5 Å². The third-order valence-corrected chi connectivity index (χ3v) is 9.93. The maximum atomic E-state index is 13.6. The Hall–Kier alpha value is -4.74. The number of ether oxygens (including phenoxy) is 2. The summed E-state index contributed by atoms with van der Waals surface area (Å²) < 4.78 is 41.0. The first-order chi connectivity index (χ1) is 22.2. The molecule has 0 radical (unpaired) electrons. The molecular formula is C35H38N4O6S. The molecule has 10 nitrogen and oxygen atoms in total. The Morgan fingerprint density at radius 2 is 1.46 bits per heavy atom. The normalized spacial score (nSPS) is 16.1. The SMILES string of the molecule is C=CCOC(=O)C1=C(C)NC(C)=C(C(=O)OCC=C)C1c1cn(-c2ccccc2)nc1-c1ccc(S(=O)(=O)N2CCCCC2)cc1. The van der Waals surface area contributed by atoms with Crippen LogP contribution in [-0.4, -0.2) is 60.7 Å². The molecule has 2 aliphatic heterocycles. The molecule has 1 fully saturated rings. The van der Waals surface area contributed by atoms with Crippen LogP contribution < -0.4 is 5.32 Å². The van der Waals surface area contributed by atoms with Gasteiger partial charge in [0, 0.05) is 41.8 Å². The summed E-state index contributed by atoms with van der Waals surface area (Å²) in [5.74, 6) is -2.18. The summed E-state index contributed by atoms with van der Waals surface area (Å²) in [7, 11) is -3.66. The summed E-state index contributed by atoms with van der Waals surface area (Å²) in [5.41, 5.74) is 3.81. The van der Waals surface area contributed by atoms with Gasteiger partial charge in [-0.2, -0.15) is 9.40 Å². The molecule has 0 amide bonds. The third kappa shape index (κ3) is 6.61. The predicted octanol–water partition coefficient (Wildman–Crippen LogP) is 5.41. The zero-order chi connectivity index (χ0) is 32.8. The van der Waals surface area contributed by atoms with E-state index in [1.54, 1.807) is 49.0 Å². The van der Waals surface area contributed by atoms with Gasteiger partial charge in [0.1, 0.15) is 13.2 Å². The minimum absolute atomic E-state index is 0.0235. The fraction of sp³-hybridized carbons (Fsp3) is 0.286. The number of sulfonamides is 1. The number of hydrogen-bond acceptors (Lipinski definition) is 8. The number of allylic oxidation sites excluding steroid dienone is 2. The fourth-order valence-electron chi connectivity index (χ4n) is 5.85. The first kappa shape index (κ1) is 32.6. The largest absolute Gasteiger partial charge is 0.458 e. The fourth-order valence-corrected chi connectivity index (χ4v) is 7.36. The molecule has 2 aromatic carbocycles. The number of carbonyl (C=O) groups excluding carboxylic acids is 2. The molecule has 1 saturated heterocycles. The standard InChI is InChI=1S/C35H38N4O6S/c1-5-21-44-34(40)30-24(3)36-25(4)31(35(41)45-22-6-2)32(30)29-23-39(27-13-9-7-10-14-27)37-33(29)26-15-17-28(18-16-26)46(42,43)38-19-11-8-12-20-38/h5-7,9-10,13-18,23,32,36H,1-2,8,11-12,19-22H2,3-4H3. The van der Waals surface area contributed by atoms with Gasteiger partial charge in [0.15, 0.2) is 0 Å². The summed E-state index contributed by atoms with van der Waals surface area (Å²) in [6.07, 6.45) is 7.41. The summed E-state index contributed by atoms with van der Waals surface area (Å²) in [4.78, 5) is 27.4. The van der Waals surface area contributed by atoms with Crippen LogP contribution in [0.5, 0.6) is 0 Å². The van der Waals surface area contributed by atoms with Crippen molar-refractivity contribution in [2.45, 2.75) is 43.9 Å². The Morgan fingerprint density at radius 1 is 0.891 bits per heavy atom. The molecule has 5 rings (SSSR count). The zero-order valence-corrected chi connectivity index (χ0v) is 26.9. The molecule has 0 atom stereocenters. The van der Waals surface area contributed by atoms with Crippen LogP contribution in [-0.2, 0) is 29.1 Å². The quantitative estimate of drug-likeness (QED) is 0.218. The second kappa shape index (κ2) is 14.1. The molecule has 3 heterocycles. The van der Waals surface area contributed by atoms with Crippen LogP contribution in [0.15, 0.2) is 114 Å². The van der Waals surface area contributed by atoms with E-state index in [1.807, 2.05) is 30.3 Å². The van der Waals surface area contributed by atoms with Crippen molar-refractivity contribution in [3.8, 4) is 16.9 Å². The lowest BCUT2D eigenvalue weighted by Crippen LogP contribution is -2.35. The van der Waals surface area contributed by atoms with Crippen LogP contribution in [0.1, 0.15) is 44.6 Å². The molecular weight excluding hydrogens is 604 g/mol. The number of aromatic nitrogens is 2. The van der Waals surface area contributed by atoms with E-state index in [9.17, 15) is 18.0 Å². The minimum Gasteiger partial charge on any atom is -0.458 e. The molecule has 3 aromatic rings. The molecule has 1 aromatic heterocycles. The number of hydrogen-bond donors (Lipinski definition) is 1. The first-order valence-electron chi connectivity index (χ1n) is 15.2. The summed E-state index contributed by atoms with van der Waals surface area (Å²) >= 11 is 0. The topological polar surface area (TPSA) is 120 Å². The summed E-state index contributed by atoms with van der Waals surface area (Å²) in [6.45, 7) is 11.7. The highest BCUT2D eigenvalue weighted by molar-refractivity contribution is 7.89. The van der Waals surface area contributed by atoms with Crippen molar-refractivity contribution >= 4 is 22.0 Å². The number of dihydropyridines is 1. The number of piperidine rings is 1. The molecule has 11 heteroatoms. The van der Waals surface area contributed by atoms with E-state index in [-0.39, 0.29) is 29.3 Å². The Morgan fingerprint density at radius 3 is 2.00 bits per heavy atom. The number of rotatable bonds is 11. The maximum absolute atomic E-state index is 13.6. The van der Waals surface area contributed by atoms with Crippen LogP contribution in [0, 0.1) is 0 Å². The average molecular weight is 643 g/mol.